The van der Waals surface area contributed by atoms with Crippen molar-refractivity contribution in [3.8, 4) is 0 Å². The Kier molecular flexibility index (Phi) is 6.69. The van der Waals surface area contributed by atoms with Crippen LogP contribution < -0.4 is 0 Å². The minimum atomic E-state index is 1.10. The van der Waals surface area contributed by atoms with Gasteiger partial charge in [-0.15, -0.1) is 0 Å². The molecule has 0 fully saturated rings. The zero-order valence-corrected chi connectivity index (χ0v) is 13.1. The summed E-state index contributed by atoms with van der Waals surface area (Å²) in [5, 5.41) is 0. The second kappa shape index (κ2) is 8.06. The standard InChI is InChI=1S/2C8H7Br/c1-2-7-3-5-8(9)6-4-7;1-2-7-4-3-5-8(9)6-7/h2*2-6H,1H2. The van der Waals surface area contributed by atoms with E-state index >= 15 is 0 Å². The van der Waals surface area contributed by atoms with Crippen LogP contribution in [0.3, 0.4) is 0 Å². The fraction of sp³-hybridized carbons (Fsp3) is 0. The molecule has 0 radical (unpaired) electrons. The summed E-state index contributed by atoms with van der Waals surface area (Å²) in [5.41, 5.74) is 2.29. The van der Waals surface area contributed by atoms with E-state index in [2.05, 4.69) is 45.0 Å². The summed E-state index contributed by atoms with van der Waals surface area (Å²) in [6.07, 6.45) is 3.65. The Morgan fingerprint density at radius 1 is 0.722 bits per heavy atom. The molecule has 0 spiro atoms. The Morgan fingerprint density at radius 3 is 1.78 bits per heavy atom. The van der Waals surface area contributed by atoms with Gasteiger partial charge in [0.05, 0.1) is 0 Å². The Hall–Kier alpha value is -1.12. The topological polar surface area (TPSA) is 0 Å². The molecule has 0 aliphatic rings. The SMILES string of the molecule is C=Cc1ccc(Br)cc1.C=Cc1cccc(Br)c1. The minimum Gasteiger partial charge on any atom is -0.0985 e. The third-order valence-electron chi connectivity index (χ3n) is 2.19. The molecule has 18 heavy (non-hydrogen) atoms. The first-order valence-electron chi connectivity index (χ1n) is 5.41. The molecule has 92 valence electrons. The molecule has 2 heteroatoms. The van der Waals surface area contributed by atoms with Gasteiger partial charge in [-0.2, -0.15) is 0 Å². The van der Waals surface area contributed by atoms with E-state index in [0.29, 0.717) is 0 Å². The highest BCUT2D eigenvalue weighted by atomic mass is 79.9. The molecule has 0 aliphatic carbocycles. The highest BCUT2D eigenvalue weighted by Gasteiger charge is 1.85. The van der Waals surface area contributed by atoms with Crippen LogP contribution in [0.2, 0.25) is 0 Å². The molecule has 0 heterocycles. The third kappa shape index (κ3) is 5.48. The summed E-state index contributed by atoms with van der Waals surface area (Å²) >= 11 is 6.70. The van der Waals surface area contributed by atoms with E-state index in [1.54, 1.807) is 0 Å². The quantitative estimate of drug-likeness (QED) is 0.595. The smallest absolute Gasteiger partial charge is 0.0181 e. The fourth-order valence-corrected chi connectivity index (χ4v) is 1.91. The lowest BCUT2D eigenvalue weighted by Gasteiger charge is -1.90. The van der Waals surface area contributed by atoms with Gasteiger partial charge in [0, 0.05) is 8.95 Å². The second-order valence-electron chi connectivity index (χ2n) is 3.51. The van der Waals surface area contributed by atoms with Crippen LogP contribution in [0.1, 0.15) is 11.1 Å². The molecule has 2 aromatic rings. The number of hydrogen-bond donors (Lipinski definition) is 0. The molecule has 0 aromatic heterocycles. The molecule has 0 atom stereocenters. The van der Waals surface area contributed by atoms with E-state index in [-0.39, 0.29) is 0 Å². The zero-order valence-electron chi connectivity index (χ0n) is 9.94. The number of benzene rings is 2. The molecule has 2 rings (SSSR count). The van der Waals surface area contributed by atoms with E-state index in [0.717, 1.165) is 20.1 Å². The molecule has 0 saturated heterocycles. The maximum Gasteiger partial charge on any atom is 0.0181 e. The van der Waals surface area contributed by atoms with Crippen LogP contribution in [-0.2, 0) is 0 Å². The van der Waals surface area contributed by atoms with Gasteiger partial charge < -0.3 is 0 Å². The molecular formula is C16H14Br2. The van der Waals surface area contributed by atoms with Crippen molar-refractivity contribution in [2.75, 3.05) is 0 Å². The van der Waals surface area contributed by atoms with Gasteiger partial charge in [-0.1, -0.05) is 81.4 Å². The van der Waals surface area contributed by atoms with Gasteiger partial charge in [0.15, 0.2) is 0 Å². The predicted octanol–water partition coefficient (Wildman–Crippen LogP) is 6.18. The summed E-state index contributed by atoms with van der Waals surface area (Å²) in [4.78, 5) is 0. The maximum absolute atomic E-state index is 3.65. The maximum atomic E-state index is 3.65. The summed E-state index contributed by atoms with van der Waals surface area (Å²) in [6.45, 7) is 7.30. The average Bonchev–Trinajstić information content (AvgIpc) is 2.40. The minimum absolute atomic E-state index is 1.10. The molecule has 0 N–H and O–H groups in total. The molecular weight excluding hydrogens is 352 g/mol. The van der Waals surface area contributed by atoms with Gasteiger partial charge in [0.2, 0.25) is 0 Å². The predicted molar refractivity (Wildman–Crippen MR) is 88.5 cm³/mol. The van der Waals surface area contributed by atoms with Crippen LogP contribution in [0, 0.1) is 0 Å². The summed E-state index contributed by atoms with van der Waals surface area (Å²) in [6, 6.07) is 16.0. The molecule has 0 bridgehead atoms. The van der Waals surface area contributed by atoms with Crippen molar-refractivity contribution in [1.82, 2.24) is 0 Å². The van der Waals surface area contributed by atoms with Gasteiger partial charge in [-0.05, 0) is 35.4 Å². The highest BCUT2D eigenvalue weighted by Crippen LogP contribution is 2.11. The van der Waals surface area contributed by atoms with Crippen LogP contribution in [-0.4, -0.2) is 0 Å². The fourth-order valence-electron chi connectivity index (χ4n) is 1.23. The summed E-state index contributed by atoms with van der Waals surface area (Å²) < 4.78 is 2.20. The van der Waals surface area contributed by atoms with Crippen LogP contribution in [0.15, 0.2) is 70.6 Å². The van der Waals surface area contributed by atoms with Crippen LogP contribution in [0.4, 0.5) is 0 Å². The third-order valence-corrected chi connectivity index (χ3v) is 3.21. The Morgan fingerprint density at radius 2 is 1.33 bits per heavy atom. The van der Waals surface area contributed by atoms with Crippen molar-refractivity contribution >= 4 is 44.0 Å². The van der Waals surface area contributed by atoms with Crippen molar-refractivity contribution in [1.29, 1.82) is 0 Å². The Labute approximate surface area is 125 Å². The zero-order chi connectivity index (χ0) is 13.4. The highest BCUT2D eigenvalue weighted by molar-refractivity contribution is 9.10. The lowest BCUT2D eigenvalue weighted by Crippen LogP contribution is -1.68. The van der Waals surface area contributed by atoms with Gasteiger partial charge in [-0.25, -0.2) is 0 Å². The first kappa shape index (κ1) is 14.9. The summed E-state index contributed by atoms with van der Waals surface area (Å²) in [7, 11) is 0. The van der Waals surface area contributed by atoms with Crippen molar-refractivity contribution in [2.24, 2.45) is 0 Å². The van der Waals surface area contributed by atoms with Crippen molar-refractivity contribution in [2.45, 2.75) is 0 Å². The van der Waals surface area contributed by atoms with Crippen LogP contribution >= 0.6 is 31.9 Å². The van der Waals surface area contributed by atoms with Gasteiger partial charge in [0.1, 0.15) is 0 Å². The van der Waals surface area contributed by atoms with E-state index in [9.17, 15) is 0 Å². The van der Waals surface area contributed by atoms with Gasteiger partial charge >= 0.3 is 0 Å². The molecule has 0 unspecified atom stereocenters. The molecule has 0 saturated carbocycles. The average molecular weight is 366 g/mol. The van der Waals surface area contributed by atoms with Crippen LogP contribution in [0.25, 0.3) is 12.2 Å². The second-order valence-corrected chi connectivity index (χ2v) is 5.35. The largest absolute Gasteiger partial charge is 0.0985 e. The lowest BCUT2D eigenvalue weighted by atomic mass is 10.2. The van der Waals surface area contributed by atoms with E-state index in [4.69, 9.17) is 0 Å². The lowest BCUT2D eigenvalue weighted by molar-refractivity contribution is 1.61. The van der Waals surface area contributed by atoms with Crippen molar-refractivity contribution in [3.63, 3.8) is 0 Å². The molecule has 0 amide bonds. The summed E-state index contributed by atoms with van der Waals surface area (Å²) in [5.74, 6) is 0. The molecule has 0 aliphatic heterocycles. The van der Waals surface area contributed by atoms with E-state index in [1.807, 2.05) is 60.7 Å². The van der Waals surface area contributed by atoms with E-state index < -0.39 is 0 Å². The first-order valence-corrected chi connectivity index (χ1v) is 7.00. The molecule has 2 aromatic carbocycles. The Bertz CT molecular complexity index is 513. The number of halogens is 2. The first-order chi connectivity index (χ1) is 8.65. The van der Waals surface area contributed by atoms with Crippen LogP contribution in [0.5, 0.6) is 0 Å². The molecule has 0 nitrogen and oxygen atoms in total. The monoisotopic (exact) mass is 364 g/mol. The van der Waals surface area contributed by atoms with E-state index in [1.165, 1.54) is 0 Å². The van der Waals surface area contributed by atoms with Crippen molar-refractivity contribution < 1.29 is 0 Å². The van der Waals surface area contributed by atoms with Crippen molar-refractivity contribution in [3.05, 3.63) is 81.8 Å². The van der Waals surface area contributed by atoms with Gasteiger partial charge in [0.25, 0.3) is 0 Å². The normalized spacial score (nSPS) is 9.00. The number of rotatable bonds is 2. The Balaban J connectivity index is 0.000000180. The van der Waals surface area contributed by atoms with Gasteiger partial charge in [-0.3, -0.25) is 0 Å². The number of hydrogen-bond acceptors (Lipinski definition) is 0.